The lowest BCUT2D eigenvalue weighted by Gasteiger charge is -2.21. The molecule has 0 heterocycles. The Hall–Kier alpha value is -2.69. The van der Waals surface area contributed by atoms with Gasteiger partial charge in [-0.25, -0.2) is 4.39 Å². The maximum atomic E-state index is 13.1. The van der Waals surface area contributed by atoms with Gasteiger partial charge in [0.1, 0.15) is 5.82 Å². The first-order chi connectivity index (χ1) is 12.6. The van der Waals surface area contributed by atoms with E-state index in [0.717, 1.165) is 33.6 Å². The number of anilines is 2. The molecular weight excluding hydrogens is 341 g/mol. The number of halogens is 1. The Bertz CT molecular complexity index is 842. The van der Waals surface area contributed by atoms with E-state index in [1.807, 2.05) is 40.7 Å². The molecular formula is C22H30FN3O. The number of amides is 1. The van der Waals surface area contributed by atoms with Crippen LogP contribution in [0.1, 0.15) is 50.9 Å². The molecule has 0 spiro atoms. The van der Waals surface area contributed by atoms with Gasteiger partial charge in [-0.15, -0.1) is 0 Å². The predicted octanol–water partition coefficient (Wildman–Crippen LogP) is 5.67. The number of nitrogens with one attached hydrogen (secondary N) is 3. The van der Waals surface area contributed by atoms with E-state index >= 15 is 0 Å². The first-order valence-electron chi connectivity index (χ1n) is 9.03. The largest absolute Gasteiger partial charge is 0.380 e. The van der Waals surface area contributed by atoms with E-state index in [0.29, 0.717) is 13.0 Å². The average molecular weight is 372 g/mol. The van der Waals surface area contributed by atoms with Crippen molar-refractivity contribution in [3.8, 4) is 0 Å². The van der Waals surface area contributed by atoms with Crippen LogP contribution in [0.4, 0.5) is 15.8 Å². The van der Waals surface area contributed by atoms with Crippen LogP contribution in [0.3, 0.4) is 0 Å². The highest BCUT2D eigenvalue weighted by atomic mass is 19.1. The molecule has 0 aliphatic heterocycles. The SMILES string of the molecule is Cc1cc(C=N)c(NCc2ccc(F)cc2)c(C)c1NC(=O)CC(C)(C)C.[HH]. The molecule has 2 aromatic carbocycles. The molecule has 0 unspecified atom stereocenters. The molecule has 4 nitrogen and oxygen atoms in total. The van der Waals surface area contributed by atoms with Crippen LogP contribution in [0.15, 0.2) is 30.3 Å². The van der Waals surface area contributed by atoms with Crippen LogP contribution in [-0.2, 0) is 11.3 Å². The third kappa shape index (κ3) is 5.64. The summed E-state index contributed by atoms with van der Waals surface area (Å²) in [5.41, 5.74) is 4.97. The van der Waals surface area contributed by atoms with Gasteiger partial charge in [-0.2, -0.15) is 0 Å². The van der Waals surface area contributed by atoms with Gasteiger partial charge in [-0.3, -0.25) is 4.79 Å². The van der Waals surface area contributed by atoms with Crippen molar-refractivity contribution in [2.45, 2.75) is 47.6 Å². The maximum Gasteiger partial charge on any atom is 0.224 e. The number of rotatable bonds is 6. The zero-order valence-corrected chi connectivity index (χ0v) is 16.7. The molecule has 27 heavy (non-hydrogen) atoms. The second kappa shape index (κ2) is 8.33. The van der Waals surface area contributed by atoms with E-state index in [4.69, 9.17) is 5.41 Å². The van der Waals surface area contributed by atoms with Gasteiger partial charge in [0, 0.05) is 37.5 Å². The highest BCUT2D eigenvalue weighted by molar-refractivity contribution is 5.97. The van der Waals surface area contributed by atoms with E-state index in [1.165, 1.54) is 18.3 Å². The number of carbonyl (C=O) groups is 1. The van der Waals surface area contributed by atoms with Gasteiger partial charge >= 0.3 is 0 Å². The van der Waals surface area contributed by atoms with Crippen LogP contribution < -0.4 is 10.6 Å². The normalized spacial score (nSPS) is 11.2. The quantitative estimate of drug-likeness (QED) is 0.573. The molecule has 0 fully saturated rings. The molecule has 0 aliphatic carbocycles. The summed E-state index contributed by atoms with van der Waals surface area (Å²) in [6, 6.07) is 8.19. The number of hydrogen-bond donors (Lipinski definition) is 3. The molecule has 5 heteroatoms. The molecule has 146 valence electrons. The minimum absolute atomic E-state index is 0. The fourth-order valence-electron chi connectivity index (χ4n) is 3.01. The van der Waals surface area contributed by atoms with Gasteiger partial charge in [-0.1, -0.05) is 32.9 Å². The molecule has 0 radical (unpaired) electrons. The van der Waals surface area contributed by atoms with E-state index in [1.54, 1.807) is 12.1 Å². The molecule has 2 rings (SSSR count). The van der Waals surface area contributed by atoms with Crippen LogP contribution in [0.2, 0.25) is 0 Å². The maximum absolute atomic E-state index is 13.1. The molecule has 0 atom stereocenters. The molecule has 3 N–H and O–H groups in total. The fraction of sp³-hybridized carbons (Fsp3) is 0.364. The van der Waals surface area contributed by atoms with Crippen molar-refractivity contribution in [2.24, 2.45) is 5.41 Å². The summed E-state index contributed by atoms with van der Waals surface area (Å²) in [5.74, 6) is -0.296. The van der Waals surface area contributed by atoms with Crippen molar-refractivity contribution < 1.29 is 10.6 Å². The molecule has 1 amide bonds. The van der Waals surface area contributed by atoms with Crippen LogP contribution in [-0.4, -0.2) is 12.1 Å². The summed E-state index contributed by atoms with van der Waals surface area (Å²) in [6.45, 7) is 10.4. The highest BCUT2D eigenvalue weighted by Gasteiger charge is 2.19. The predicted molar refractivity (Wildman–Crippen MR) is 112 cm³/mol. The van der Waals surface area contributed by atoms with Crippen LogP contribution in [0, 0.1) is 30.5 Å². The summed E-state index contributed by atoms with van der Waals surface area (Å²) in [4.78, 5) is 12.4. The van der Waals surface area contributed by atoms with Gasteiger partial charge in [0.15, 0.2) is 0 Å². The van der Waals surface area contributed by atoms with Gasteiger partial charge in [0.25, 0.3) is 0 Å². The Labute approximate surface area is 162 Å². The molecule has 0 aromatic heterocycles. The zero-order chi connectivity index (χ0) is 20.2. The Morgan fingerprint density at radius 2 is 1.81 bits per heavy atom. The topological polar surface area (TPSA) is 65.0 Å². The molecule has 0 saturated carbocycles. The Kier molecular flexibility index (Phi) is 6.37. The lowest BCUT2D eigenvalue weighted by Crippen LogP contribution is -2.21. The first-order valence-corrected chi connectivity index (χ1v) is 9.03. The summed E-state index contributed by atoms with van der Waals surface area (Å²) < 4.78 is 13.1. The minimum atomic E-state index is -0.269. The monoisotopic (exact) mass is 371 g/mol. The van der Waals surface area contributed by atoms with Gasteiger partial charge in [0.2, 0.25) is 5.91 Å². The smallest absolute Gasteiger partial charge is 0.224 e. The summed E-state index contributed by atoms with van der Waals surface area (Å²) in [6.07, 6.45) is 1.73. The summed E-state index contributed by atoms with van der Waals surface area (Å²) >= 11 is 0. The second-order valence-corrected chi connectivity index (χ2v) is 8.07. The third-order valence-corrected chi connectivity index (χ3v) is 4.30. The number of carbonyl (C=O) groups excluding carboxylic acids is 1. The minimum Gasteiger partial charge on any atom is -0.380 e. The van der Waals surface area contributed by atoms with E-state index in [-0.39, 0.29) is 18.6 Å². The molecule has 0 aliphatic rings. The van der Waals surface area contributed by atoms with Crippen molar-refractivity contribution in [1.29, 1.82) is 5.41 Å². The first kappa shape index (κ1) is 20.6. The van der Waals surface area contributed by atoms with Gasteiger partial charge in [0.05, 0.1) is 0 Å². The zero-order valence-electron chi connectivity index (χ0n) is 16.7. The Balaban J connectivity index is 0.00000392. The van der Waals surface area contributed by atoms with Crippen molar-refractivity contribution in [1.82, 2.24) is 0 Å². The third-order valence-electron chi connectivity index (χ3n) is 4.30. The fourth-order valence-corrected chi connectivity index (χ4v) is 3.01. The van der Waals surface area contributed by atoms with Gasteiger partial charge < -0.3 is 16.0 Å². The second-order valence-electron chi connectivity index (χ2n) is 8.07. The summed E-state index contributed by atoms with van der Waals surface area (Å²) in [7, 11) is 0. The highest BCUT2D eigenvalue weighted by Crippen LogP contribution is 2.32. The Morgan fingerprint density at radius 3 is 2.37 bits per heavy atom. The standard InChI is InChI=1S/C22H28FN3O.H2/c1-14-10-17(12-24)21(25-13-16-6-8-18(23)9-7-16)15(2)20(14)26-19(27)11-22(3,4)5;/h6-10,12,24-25H,11,13H2,1-5H3,(H,26,27);1H. The lowest BCUT2D eigenvalue weighted by atomic mass is 9.91. The van der Waals surface area contributed by atoms with Crippen LogP contribution in [0.5, 0.6) is 0 Å². The van der Waals surface area contributed by atoms with Crippen molar-refractivity contribution in [2.75, 3.05) is 10.6 Å². The van der Waals surface area contributed by atoms with E-state index in [9.17, 15) is 9.18 Å². The molecule has 0 bridgehead atoms. The van der Waals surface area contributed by atoms with Crippen LogP contribution in [0.25, 0.3) is 0 Å². The molecule has 0 saturated heterocycles. The number of benzene rings is 2. The van der Waals surface area contributed by atoms with Crippen molar-refractivity contribution >= 4 is 23.5 Å². The van der Waals surface area contributed by atoms with E-state index < -0.39 is 0 Å². The summed E-state index contributed by atoms with van der Waals surface area (Å²) in [5, 5.41) is 14.1. The van der Waals surface area contributed by atoms with Gasteiger partial charge in [-0.05, 0) is 54.2 Å². The number of hydrogen-bond acceptors (Lipinski definition) is 3. The van der Waals surface area contributed by atoms with Crippen molar-refractivity contribution in [3.63, 3.8) is 0 Å². The Morgan fingerprint density at radius 1 is 1.19 bits per heavy atom. The van der Waals surface area contributed by atoms with Crippen molar-refractivity contribution in [3.05, 3.63) is 58.4 Å². The lowest BCUT2D eigenvalue weighted by molar-refractivity contribution is -0.117. The average Bonchev–Trinajstić information content (AvgIpc) is 2.57. The van der Waals surface area contributed by atoms with E-state index in [2.05, 4.69) is 10.6 Å². The number of aryl methyl sites for hydroxylation is 1. The van der Waals surface area contributed by atoms with Crippen LogP contribution >= 0.6 is 0 Å². The molecule has 2 aromatic rings.